The highest BCUT2D eigenvalue weighted by Gasteiger charge is 2.38. The molecule has 2 aliphatic heterocycles. The lowest BCUT2D eigenvalue weighted by atomic mass is 9.79. The predicted octanol–water partition coefficient (Wildman–Crippen LogP) is 2.73. The smallest absolute Gasteiger partial charge is 0.227 e. The van der Waals surface area contributed by atoms with E-state index in [1.165, 1.54) is 19.3 Å². The number of hydrogen-bond donors (Lipinski definition) is 2. The number of carbonyl (C=O) groups is 2. The summed E-state index contributed by atoms with van der Waals surface area (Å²) in [5.41, 5.74) is 2.15. The van der Waals surface area contributed by atoms with E-state index in [2.05, 4.69) is 21.6 Å². The van der Waals surface area contributed by atoms with E-state index in [4.69, 9.17) is 4.74 Å². The molecule has 0 spiro atoms. The Hall–Kier alpha value is -1.92. The summed E-state index contributed by atoms with van der Waals surface area (Å²) in [7, 11) is 0. The maximum atomic E-state index is 12.6. The van der Waals surface area contributed by atoms with Gasteiger partial charge >= 0.3 is 0 Å². The van der Waals surface area contributed by atoms with Crippen LogP contribution in [0.4, 0.5) is 5.69 Å². The highest BCUT2D eigenvalue weighted by molar-refractivity contribution is 5.96. The van der Waals surface area contributed by atoms with Crippen molar-refractivity contribution in [3.63, 3.8) is 0 Å². The molecule has 4 rings (SSSR count). The van der Waals surface area contributed by atoms with E-state index in [0.717, 1.165) is 50.4 Å². The second kappa shape index (κ2) is 9.26. The topological polar surface area (TPSA) is 70.7 Å². The lowest BCUT2D eigenvalue weighted by Crippen LogP contribution is -2.59. The third-order valence-corrected chi connectivity index (χ3v) is 6.91. The van der Waals surface area contributed by atoms with Crippen molar-refractivity contribution in [3.8, 4) is 0 Å². The molecular formula is C23H33N3O3. The van der Waals surface area contributed by atoms with E-state index < -0.39 is 0 Å². The van der Waals surface area contributed by atoms with Gasteiger partial charge in [-0.3, -0.25) is 14.5 Å². The van der Waals surface area contributed by atoms with Crippen LogP contribution in [-0.4, -0.2) is 55.1 Å². The third-order valence-electron chi connectivity index (χ3n) is 6.91. The van der Waals surface area contributed by atoms with Gasteiger partial charge in [0.1, 0.15) is 0 Å². The first kappa shape index (κ1) is 20.4. The lowest BCUT2D eigenvalue weighted by molar-refractivity contribution is -0.123. The van der Waals surface area contributed by atoms with Gasteiger partial charge in [-0.05, 0) is 37.3 Å². The van der Waals surface area contributed by atoms with E-state index >= 15 is 0 Å². The van der Waals surface area contributed by atoms with Crippen molar-refractivity contribution in [2.45, 2.75) is 56.9 Å². The summed E-state index contributed by atoms with van der Waals surface area (Å²) < 4.78 is 5.54. The summed E-state index contributed by atoms with van der Waals surface area (Å²) in [6, 6.07) is 7.92. The molecule has 1 atom stereocenters. The van der Waals surface area contributed by atoms with Crippen LogP contribution >= 0.6 is 0 Å². The second-order valence-electron chi connectivity index (χ2n) is 8.75. The Bertz CT molecular complexity index is 724. The minimum atomic E-state index is -0.126. The van der Waals surface area contributed by atoms with Gasteiger partial charge in [-0.25, -0.2) is 0 Å². The van der Waals surface area contributed by atoms with Gasteiger partial charge in [-0.1, -0.05) is 37.5 Å². The number of nitrogens with one attached hydrogen (secondary N) is 2. The number of hydrogen-bond acceptors (Lipinski definition) is 4. The Morgan fingerprint density at radius 1 is 1.17 bits per heavy atom. The quantitative estimate of drug-likeness (QED) is 0.772. The van der Waals surface area contributed by atoms with Gasteiger partial charge in [0.15, 0.2) is 0 Å². The molecule has 1 aliphatic carbocycles. The van der Waals surface area contributed by atoms with Crippen molar-refractivity contribution in [3.05, 3.63) is 29.8 Å². The van der Waals surface area contributed by atoms with Crippen LogP contribution in [-0.2, 0) is 20.7 Å². The van der Waals surface area contributed by atoms with Crippen molar-refractivity contribution in [1.82, 2.24) is 10.2 Å². The Labute approximate surface area is 173 Å². The summed E-state index contributed by atoms with van der Waals surface area (Å²) in [6.07, 6.45) is 7.76. The molecule has 1 aromatic rings. The molecule has 1 saturated heterocycles. The van der Waals surface area contributed by atoms with Gasteiger partial charge in [0.05, 0.1) is 13.2 Å². The van der Waals surface area contributed by atoms with Crippen molar-refractivity contribution < 1.29 is 14.3 Å². The van der Waals surface area contributed by atoms with Crippen LogP contribution in [0.1, 0.15) is 50.5 Å². The normalized spacial score (nSPS) is 24.4. The number of anilines is 1. The number of benzene rings is 1. The van der Waals surface area contributed by atoms with Crippen molar-refractivity contribution in [1.29, 1.82) is 0 Å². The van der Waals surface area contributed by atoms with Crippen LogP contribution in [0.25, 0.3) is 0 Å². The molecular weight excluding hydrogens is 366 g/mol. The number of carbonyl (C=O) groups excluding carboxylic acids is 2. The summed E-state index contributed by atoms with van der Waals surface area (Å²) in [6.45, 7) is 4.20. The van der Waals surface area contributed by atoms with Gasteiger partial charge in [-0.2, -0.15) is 0 Å². The number of fused-ring (bicyclic) bond motifs is 1. The molecule has 6 heteroatoms. The van der Waals surface area contributed by atoms with Crippen LogP contribution < -0.4 is 10.6 Å². The number of amides is 2. The summed E-state index contributed by atoms with van der Waals surface area (Å²) >= 11 is 0. The fraction of sp³-hybridized carbons (Fsp3) is 0.652. The van der Waals surface area contributed by atoms with E-state index in [-0.39, 0.29) is 23.3 Å². The minimum absolute atomic E-state index is 0.0357. The first-order valence-electron chi connectivity index (χ1n) is 11.1. The molecule has 1 aromatic carbocycles. The molecule has 1 unspecified atom stereocenters. The number of nitrogens with zero attached hydrogens (tertiary/aromatic N) is 1. The van der Waals surface area contributed by atoms with Crippen LogP contribution in [0.2, 0.25) is 0 Å². The molecule has 0 bridgehead atoms. The van der Waals surface area contributed by atoms with Gasteiger partial charge < -0.3 is 15.4 Å². The standard InChI is InChI=1S/C23H33N3O3/c27-21(9-8-19-16-18-6-2-3-7-20(18)25-22(19)28)24-17-23(10-4-1-5-11-23)26-12-14-29-15-13-26/h2-3,6-7,19H,1,4-5,8-17H2,(H,24,27)(H,25,28). The average Bonchev–Trinajstić information content (AvgIpc) is 2.77. The minimum Gasteiger partial charge on any atom is -0.379 e. The number of morpholine rings is 1. The summed E-state index contributed by atoms with van der Waals surface area (Å²) in [4.78, 5) is 27.5. The largest absolute Gasteiger partial charge is 0.379 e. The van der Waals surface area contributed by atoms with E-state index in [9.17, 15) is 9.59 Å². The van der Waals surface area contributed by atoms with Gasteiger partial charge in [0.25, 0.3) is 0 Å². The van der Waals surface area contributed by atoms with Crippen LogP contribution in [0, 0.1) is 5.92 Å². The molecule has 3 aliphatic rings. The third kappa shape index (κ3) is 4.81. The molecule has 1 saturated carbocycles. The molecule has 29 heavy (non-hydrogen) atoms. The predicted molar refractivity (Wildman–Crippen MR) is 113 cm³/mol. The summed E-state index contributed by atoms with van der Waals surface area (Å²) in [5.74, 6) is -0.0260. The van der Waals surface area contributed by atoms with Gasteiger partial charge in [0.2, 0.25) is 11.8 Å². The van der Waals surface area contributed by atoms with E-state index in [1.807, 2.05) is 18.2 Å². The maximum absolute atomic E-state index is 12.6. The molecule has 2 N–H and O–H groups in total. The SMILES string of the molecule is O=C(CCC1Cc2ccccc2NC1=O)NCC1(N2CCOCC2)CCCCC1. The molecule has 2 fully saturated rings. The van der Waals surface area contributed by atoms with Crippen molar-refractivity contribution >= 4 is 17.5 Å². The molecule has 0 aromatic heterocycles. The maximum Gasteiger partial charge on any atom is 0.227 e. The van der Waals surface area contributed by atoms with Crippen LogP contribution in [0.3, 0.4) is 0 Å². The fourth-order valence-electron chi connectivity index (χ4n) is 5.16. The molecule has 0 radical (unpaired) electrons. The average molecular weight is 400 g/mol. The van der Waals surface area contributed by atoms with Crippen LogP contribution in [0.5, 0.6) is 0 Å². The molecule has 2 amide bonds. The fourth-order valence-corrected chi connectivity index (χ4v) is 5.16. The monoisotopic (exact) mass is 399 g/mol. The molecule has 158 valence electrons. The van der Waals surface area contributed by atoms with Crippen LogP contribution in [0.15, 0.2) is 24.3 Å². The highest BCUT2D eigenvalue weighted by Crippen LogP contribution is 2.34. The van der Waals surface area contributed by atoms with E-state index in [1.54, 1.807) is 0 Å². The van der Waals surface area contributed by atoms with Gasteiger partial charge in [-0.15, -0.1) is 0 Å². The number of para-hydroxylation sites is 1. The Morgan fingerprint density at radius 3 is 2.72 bits per heavy atom. The molecule has 2 heterocycles. The van der Waals surface area contributed by atoms with E-state index in [0.29, 0.717) is 25.8 Å². The first-order chi connectivity index (χ1) is 14.2. The number of rotatable bonds is 6. The zero-order valence-corrected chi connectivity index (χ0v) is 17.3. The van der Waals surface area contributed by atoms with Gasteiger partial charge in [0, 0.05) is 43.2 Å². The molecule has 6 nitrogen and oxygen atoms in total. The zero-order valence-electron chi connectivity index (χ0n) is 17.3. The second-order valence-corrected chi connectivity index (χ2v) is 8.75. The Kier molecular flexibility index (Phi) is 6.50. The zero-order chi connectivity index (χ0) is 20.1. The van der Waals surface area contributed by atoms with Crippen molar-refractivity contribution in [2.24, 2.45) is 5.92 Å². The lowest BCUT2D eigenvalue weighted by Gasteiger charge is -2.48. The number of ether oxygens (including phenoxy) is 1. The van der Waals surface area contributed by atoms with Crippen molar-refractivity contribution in [2.75, 3.05) is 38.2 Å². The highest BCUT2D eigenvalue weighted by atomic mass is 16.5. The Morgan fingerprint density at radius 2 is 1.93 bits per heavy atom. The summed E-state index contributed by atoms with van der Waals surface area (Å²) in [5, 5.41) is 6.19. The Balaban J connectivity index is 1.29. The first-order valence-corrected chi connectivity index (χ1v) is 11.1.